The molecule has 1 aromatic carbocycles. The van der Waals surface area contributed by atoms with Gasteiger partial charge in [-0.2, -0.15) is 0 Å². The fourth-order valence-electron chi connectivity index (χ4n) is 5.23. The zero-order chi connectivity index (χ0) is 24.3. The molecule has 186 valence electrons. The van der Waals surface area contributed by atoms with Gasteiger partial charge in [-0.05, 0) is 89.1 Å². The molecule has 0 radical (unpaired) electrons. The minimum absolute atomic E-state index is 0.189. The first kappa shape index (κ1) is 24.5. The van der Waals surface area contributed by atoms with Gasteiger partial charge >= 0.3 is 6.09 Å². The van der Waals surface area contributed by atoms with Crippen molar-refractivity contribution in [1.82, 2.24) is 15.1 Å². The van der Waals surface area contributed by atoms with Gasteiger partial charge in [0, 0.05) is 31.7 Å². The Morgan fingerprint density at radius 2 is 1.79 bits per heavy atom. The Bertz CT molecular complexity index is 908. The van der Waals surface area contributed by atoms with Gasteiger partial charge in [0.05, 0.1) is 0 Å². The number of rotatable bonds is 4. The van der Waals surface area contributed by atoms with E-state index >= 15 is 0 Å². The number of carbonyl (C=O) groups is 3. The van der Waals surface area contributed by atoms with Crippen LogP contribution in [0.25, 0.3) is 0 Å². The van der Waals surface area contributed by atoms with Gasteiger partial charge in [0.2, 0.25) is 11.8 Å². The zero-order valence-electron chi connectivity index (χ0n) is 20.7. The summed E-state index contributed by atoms with van der Waals surface area (Å²) in [6.45, 7) is 10.3. The highest BCUT2D eigenvalue weighted by Gasteiger charge is 2.39. The van der Waals surface area contributed by atoms with Gasteiger partial charge in [-0.1, -0.05) is 12.1 Å². The number of hydrogen-bond donors (Lipinski definition) is 2. The number of hydrogen-bond acceptors (Lipinski definition) is 6. The Kier molecular flexibility index (Phi) is 7.17. The Hall–Kier alpha value is -2.61. The molecule has 3 aliphatic heterocycles. The van der Waals surface area contributed by atoms with Crippen LogP contribution in [-0.4, -0.2) is 65.5 Å². The minimum atomic E-state index is -0.452. The molecule has 1 atom stereocenters. The summed E-state index contributed by atoms with van der Waals surface area (Å²) >= 11 is 0. The van der Waals surface area contributed by atoms with Crippen LogP contribution in [0.5, 0.6) is 0 Å². The van der Waals surface area contributed by atoms with Gasteiger partial charge in [0.1, 0.15) is 11.6 Å². The summed E-state index contributed by atoms with van der Waals surface area (Å²) in [6, 6.07) is 7.85. The number of imide groups is 1. The first-order valence-electron chi connectivity index (χ1n) is 12.5. The second kappa shape index (κ2) is 9.94. The molecular weight excluding hydrogens is 432 g/mol. The molecule has 3 fully saturated rings. The molecular formula is C26H38N4O4. The van der Waals surface area contributed by atoms with Crippen LogP contribution in [0.2, 0.25) is 0 Å². The highest BCUT2D eigenvalue weighted by molar-refractivity contribution is 6.01. The third kappa shape index (κ3) is 6.29. The Morgan fingerprint density at radius 3 is 2.44 bits per heavy atom. The van der Waals surface area contributed by atoms with Crippen molar-refractivity contribution in [2.24, 2.45) is 5.41 Å². The van der Waals surface area contributed by atoms with Crippen LogP contribution in [-0.2, 0) is 20.9 Å². The van der Waals surface area contributed by atoms with E-state index in [0.717, 1.165) is 64.1 Å². The molecule has 0 aliphatic carbocycles. The van der Waals surface area contributed by atoms with Crippen molar-refractivity contribution in [3.05, 3.63) is 29.8 Å². The number of amides is 3. The summed E-state index contributed by atoms with van der Waals surface area (Å²) in [6.07, 6.45) is 5.11. The number of anilines is 1. The summed E-state index contributed by atoms with van der Waals surface area (Å²) in [5, 5.41) is 5.68. The second-order valence-electron chi connectivity index (χ2n) is 11.1. The number of nitrogens with zero attached hydrogens (tertiary/aromatic N) is 2. The lowest BCUT2D eigenvalue weighted by Gasteiger charge is -2.46. The molecule has 0 aromatic heterocycles. The summed E-state index contributed by atoms with van der Waals surface area (Å²) < 4.78 is 5.54. The topological polar surface area (TPSA) is 91.0 Å². The summed E-state index contributed by atoms with van der Waals surface area (Å²) in [7, 11) is 0. The van der Waals surface area contributed by atoms with E-state index in [2.05, 4.69) is 27.7 Å². The average Bonchev–Trinajstić information content (AvgIpc) is 2.77. The van der Waals surface area contributed by atoms with Crippen molar-refractivity contribution in [2.45, 2.75) is 77.5 Å². The molecule has 4 rings (SSSR count). The van der Waals surface area contributed by atoms with Crippen LogP contribution in [0, 0.1) is 5.41 Å². The van der Waals surface area contributed by atoms with Gasteiger partial charge < -0.3 is 15.0 Å². The fourth-order valence-corrected chi connectivity index (χ4v) is 5.23. The molecule has 34 heavy (non-hydrogen) atoms. The van der Waals surface area contributed by atoms with E-state index in [1.54, 1.807) is 0 Å². The van der Waals surface area contributed by atoms with Crippen molar-refractivity contribution in [2.75, 3.05) is 31.5 Å². The van der Waals surface area contributed by atoms with Gasteiger partial charge in [0.15, 0.2) is 0 Å². The maximum Gasteiger partial charge on any atom is 0.410 e. The van der Waals surface area contributed by atoms with Gasteiger partial charge in [-0.3, -0.25) is 19.8 Å². The summed E-state index contributed by atoms with van der Waals surface area (Å²) in [5.74, 6) is -0.448. The average molecular weight is 471 g/mol. The van der Waals surface area contributed by atoms with E-state index in [0.29, 0.717) is 18.3 Å². The van der Waals surface area contributed by atoms with Crippen LogP contribution in [0.4, 0.5) is 10.5 Å². The van der Waals surface area contributed by atoms with E-state index in [-0.39, 0.29) is 23.9 Å². The standard InChI is InChI=1S/C26H38N4O4/c1-25(2,3)34-24(33)30-15-11-26(12-16-30)9-13-29(14-10-26)18-19-5-4-6-20(17-19)27-21-7-8-22(31)28-23(21)32/h4-6,17,21,27H,7-16,18H2,1-3H3,(H,28,31,32). The highest BCUT2D eigenvalue weighted by Crippen LogP contribution is 2.41. The number of nitrogens with one attached hydrogen (secondary N) is 2. The van der Waals surface area contributed by atoms with E-state index in [1.165, 1.54) is 5.56 Å². The van der Waals surface area contributed by atoms with Crippen LogP contribution >= 0.6 is 0 Å². The van der Waals surface area contributed by atoms with E-state index in [9.17, 15) is 14.4 Å². The van der Waals surface area contributed by atoms with Crippen LogP contribution < -0.4 is 10.6 Å². The van der Waals surface area contributed by atoms with Gasteiger partial charge in [-0.15, -0.1) is 0 Å². The lowest BCUT2D eigenvalue weighted by molar-refractivity contribution is -0.133. The molecule has 1 aromatic rings. The molecule has 3 heterocycles. The normalized spacial score (nSPS) is 23.5. The smallest absolute Gasteiger partial charge is 0.410 e. The monoisotopic (exact) mass is 470 g/mol. The predicted molar refractivity (Wildman–Crippen MR) is 130 cm³/mol. The number of ether oxygens (including phenoxy) is 1. The van der Waals surface area contributed by atoms with E-state index in [4.69, 9.17) is 4.74 Å². The molecule has 0 bridgehead atoms. The molecule has 2 N–H and O–H groups in total. The van der Waals surface area contributed by atoms with Crippen molar-refractivity contribution in [3.63, 3.8) is 0 Å². The second-order valence-corrected chi connectivity index (χ2v) is 11.1. The van der Waals surface area contributed by atoms with Crippen LogP contribution in [0.3, 0.4) is 0 Å². The van der Waals surface area contributed by atoms with Gasteiger partial charge in [0.25, 0.3) is 0 Å². The lowest BCUT2D eigenvalue weighted by Crippen LogP contribution is -2.49. The molecule has 8 heteroatoms. The zero-order valence-corrected chi connectivity index (χ0v) is 20.7. The predicted octanol–water partition coefficient (Wildman–Crippen LogP) is 3.52. The third-order valence-electron chi connectivity index (χ3n) is 7.31. The minimum Gasteiger partial charge on any atom is -0.444 e. The van der Waals surface area contributed by atoms with Crippen molar-refractivity contribution in [3.8, 4) is 0 Å². The molecule has 8 nitrogen and oxygen atoms in total. The summed E-state index contributed by atoms with van der Waals surface area (Å²) in [5.41, 5.74) is 2.01. The molecule has 1 unspecified atom stereocenters. The maximum atomic E-state index is 12.4. The fraction of sp³-hybridized carbons (Fsp3) is 0.654. The first-order valence-corrected chi connectivity index (χ1v) is 12.5. The summed E-state index contributed by atoms with van der Waals surface area (Å²) in [4.78, 5) is 40.2. The molecule has 3 saturated heterocycles. The van der Waals surface area contributed by atoms with Crippen molar-refractivity contribution in [1.29, 1.82) is 0 Å². The Balaban J connectivity index is 1.25. The Morgan fingerprint density at radius 1 is 1.12 bits per heavy atom. The molecule has 3 amide bonds. The first-order chi connectivity index (χ1) is 16.1. The number of benzene rings is 1. The largest absolute Gasteiger partial charge is 0.444 e. The molecule has 1 spiro atoms. The van der Waals surface area contributed by atoms with E-state index < -0.39 is 5.60 Å². The highest BCUT2D eigenvalue weighted by atomic mass is 16.6. The molecule has 0 saturated carbocycles. The maximum absolute atomic E-state index is 12.4. The van der Waals surface area contributed by atoms with Crippen molar-refractivity contribution >= 4 is 23.6 Å². The van der Waals surface area contributed by atoms with Gasteiger partial charge in [-0.25, -0.2) is 4.79 Å². The molecule has 3 aliphatic rings. The van der Waals surface area contributed by atoms with Crippen LogP contribution in [0.1, 0.15) is 64.9 Å². The number of piperidine rings is 3. The SMILES string of the molecule is CC(C)(C)OC(=O)N1CCC2(CCN(Cc3cccc(NC4CCC(=O)NC4=O)c3)CC2)CC1. The number of carbonyl (C=O) groups excluding carboxylic acids is 3. The Labute approximate surface area is 202 Å². The van der Waals surface area contributed by atoms with Crippen LogP contribution in [0.15, 0.2) is 24.3 Å². The quantitative estimate of drug-likeness (QED) is 0.655. The van der Waals surface area contributed by atoms with E-state index in [1.807, 2.05) is 37.8 Å². The third-order valence-corrected chi connectivity index (χ3v) is 7.31. The lowest BCUT2D eigenvalue weighted by atomic mass is 9.71. The number of likely N-dealkylation sites (tertiary alicyclic amines) is 2. The van der Waals surface area contributed by atoms with Crippen molar-refractivity contribution < 1.29 is 19.1 Å².